The molecular formula is C11H10BrNO2. The zero-order valence-electron chi connectivity index (χ0n) is 8.50. The molecule has 0 atom stereocenters. The SMILES string of the molecule is COC(=O)Cc1cc(C#N)cc(C)c1Br. The number of methoxy groups -OCH3 is 1. The molecule has 0 aliphatic carbocycles. The molecular weight excluding hydrogens is 258 g/mol. The maximum absolute atomic E-state index is 11.1. The molecule has 0 saturated carbocycles. The fourth-order valence-corrected chi connectivity index (χ4v) is 1.63. The van der Waals surface area contributed by atoms with E-state index in [4.69, 9.17) is 5.26 Å². The molecule has 0 amide bonds. The van der Waals surface area contributed by atoms with Crippen LogP contribution in [-0.4, -0.2) is 13.1 Å². The van der Waals surface area contributed by atoms with Gasteiger partial charge in [-0.3, -0.25) is 4.79 Å². The van der Waals surface area contributed by atoms with E-state index in [1.807, 2.05) is 6.92 Å². The van der Waals surface area contributed by atoms with Crippen LogP contribution in [0.2, 0.25) is 0 Å². The summed E-state index contributed by atoms with van der Waals surface area (Å²) in [6.07, 6.45) is 0.174. The highest BCUT2D eigenvalue weighted by Gasteiger charge is 2.10. The lowest BCUT2D eigenvalue weighted by atomic mass is 10.0. The summed E-state index contributed by atoms with van der Waals surface area (Å²) < 4.78 is 5.43. The third kappa shape index (κ3) is 2.80. The fourth-order valence-electron chi connectivity index (χ4n) is 1.26. The third-order valence-corrected chi connectivity index (χ3v) is 3.16. The first-order chi connectivity index (χ1) is 7.08. The number of benzene rings is 1. The average Bonchev–Trinajstić information content (AvgIpc) is 2.24. The van der Waals surface area contributed by atoms with Crippen LogP contribution in [0.1, 0.15) is 16.7 Å². The van der Waals surface area contributed by atoms with E-state index < -0.39 is 0 Å². The van der Waals surface area contributed by atoms with Crippen LogP contribution in [0, 0.1) is 18.3 Å². The van der Waals surface area contributed by atoms with E-state index in [9.17, 15) is 4.79 Å². The summed E-state index contributed by atoms with van der Waals surface area (Å²) in [6, 6.07) is 5.51. The predicted molar refractivity (Wildman–Crippen MR) is 59.3 cm³/mol. The van der Waals surface area contributed by atoms with Gasteiger partial charge in [-0.1, -0.05) is 15.9 Å². The van der Waals surface area contributed by atoms with Crippen LogP contribution in [0.5, 0.6) is 0 Å². The van der Waals surface area contributed by atoms with E-state index >= 15 is 0 Å². The first-order valence-corrected chi connectivity index (χ1v) is 5.13. The lowest BCUT2D eigenvalue weighted by Gasteiger charge is -2.06. The molecule has 0 radical (unpaired) electrons. The largest absolute Gasteiger partial charge is 0.469 e. The Kier molecular flexibility index (Phi) is 3.87. The van der Waals surface area contributed by atoms with Crippen LogP contribution >= 0.6 is 15.9 Å². The standard InChI is InChI=1S/C11H10BrNO2/c1-7-3-8(6-13)4-9(11(7)12)5-10(14)15-2/h3-4H,5H2,1-2H3. The molecule has 0 aliphatic rings. The highest BCUT2D eigenvalue weighted by Crippen LogP contribution is 2.23. The molecule has 0 unspecified atom stereocenters. The second-order valence-corrected chi connectivity index (χ2v) is 3.92. The van der Waals surface area contributed by atoms with Gasteiger partial charge in [-0.05, 0) is 30.2 Å². The predicted octanol–water partition coefficient (Wildman–Crippen LogP) is 2.34. The summed E-state index contributed by atoms with van der Waals surface area (Å²) in [7, 11) is 1.34. The lowest BCUT2D eigenvalue weighted by molar-refractivity contribution is -0.139. The maximum Gasteiger partial charge on any atom is 0.310 e. The molecule has 1 aromatic carbocycles. The van der Waals surface area contributed by atoms with Crippen molar-refractivity contribution in [1.29, 1.82) is 5.26 Å². The topological polar surface area (TPSA) is 50.1 Å². The number of ether oxygens (including phenoxy) is 1. The van der Waals surface area contributed by atoms with Gasteiger partial charge >= 0.3 is 5.97 Å². The van der Waals surface area contributed by atoms with Crippen LogP contribution in [0.3, 0.4) is 0 Å². The molecule has 0 bridgehead atoms. The molecule has 1 aromatic rings. The Hall–Kier alpha value is -1.34. The van der Waals surface area contributed by atoms with E-state index in [0.29, 0.717) is 5.56 Å². The first-order valence-electron chi connectivity index (χ1n) is 4.34. The number of nitrogens with zero attached hydrogens (tertiary/aromatic N) is 1. The van der Waals surface area contributed by atoms with Gasteiger partial charge in [0.1, 0.15) is 0 Å². The Labute approximate surface area is 96.8 Å². The first kappa shape index (κ1) is 11.7. The van der Waals surface area contributed by atoms with Crippen molar-refractivity contribution in [3.8, 4) is 6.07 Å². The Morgan fingerprint density at radius 1 is 1.60 bits per heavy atom. The molecule has 78 valence electrons. The molecule has 0 N–H and O–H groups in total. The van der Waals surface area contributed by atoms with Crippen molar-refractivity contribution in [2.45, 2.75) is 13.3 Å². The number of halogens is 1. The molecule has 0 aromatic heterocycles. The van der Waals surface area contributed by atoms with Gasteiger partial charge in [-0.2, -0.15) is 5.26 Å². The molecule has 4 heteroatoms. The second-order valence-electron chi connectivity index (χ2n) is 3.13. The smallest absolute Gasteiger partial charge is 0.310 e. The summed E-state index contributed by atoms with van der Waals surface area (Å²) in [4.78, 5) is 11.1. The number of hydrogen-bond donors (Lipinski definition) is 0. The number of rotatable bonds is 2. The van der Waals surface area contributed by atoms with E-state index in [-0.39, 0.29) is 12.4 Å². The van der Waals surface area contributed by atoms with Crippen molar-refractivity contribution in [2.75, 3.05) is 7.11 Å². The van der Waals surface area contributed by atoms with Crippen molar-refractivity contribution < 1.29 is 9.53 Å². The number of hydrogen-bond acceptors (Lipinski definition) is 3. The van der Waals surface area contributed by atoms with Crippen molar-refractivity contribution in [3.63, 3.8) is 0 Å². The van der Waals surface area contributed by atoms with Crippen LogP contribution < -0.4 is 0 Å². The van der Waals surface area contributed by atoms with Crippen molar-refractivity contribution in [2.24, 2.45) is 0 Å². The van der Waals surface area contributed by atoms with Gasteiger partial charge in [0.25, 0.3) is 0 Å². The van der Waals surface area contributed by atoms with Gasteiger partial charge in [0, 0.05) is 4.47 Å². The zero-order chi connectivity index (χ0) is 11.4. The number of esters is 1. The van der Waals surface area contributed by atoms with Gasteiger partial charge in [0.15, 0.2) is 0 Å². The number of nitriles is 1. The molecule has 0 fully saturated rings. The maximum atomic E-state index is 11.1. The minimum atomic E-state index is -0.315. The van der Waals surface area contributed by atoms with E-state index in [1.54, 1.807) is 12.1 Å². The molecule has 15 heavy (non-hydrogen) atoms. The Balaban J connectivity index is 3.12. The minimum Gasteiger partial charge on any atom is -0.469 e. The van der Waals surface area contributed by atoms with Crippen LogP contribution in [0.4, 0.5) is 0 Å². The van der Waals surface area contributed by atoms with E-state index in [2.05, 4.69) is 26.7 Å². The van der Waals surface area contributed by atoms with Crippen LogP contribution in [0.25, 0.3) is 0 Å². The third-order valence-electron chi connectivity index (χ3n) is 2.02. The number of aryl methyl sites for hydroxylation is 1. The number of carbonyl (C=O) groups is 1. The van der Waals surface area contributed by atoms with E-state index in [0.717, 1.165) is 15.6 Å². The average molecular weight is 268 g/mol. The summed E-state index contributed by atoms with van der Waals surface area (Å²) >= 11 is 3.38. The number of carbonyl (C=O) groups excluding carboxylic acids is 1. The molecule has 0 saturated heterocycles. The Morgan fingerprint density at radius 2 is 2.27 bits per heavy atom. The monoisotopic (exact) mass is 267 g/mol. The highest BCUT2D eigenvalue weighted by molar-refractivity contribution is 9.10. The highest BCUT2D eigenvalue weighted by atomic mass is 79.9. The van der Waals surface area contributed by atoms with Crippen molar-refractivity contribution in [3.05, 3.63) is 33.3 Å². The minimum absolute atomic E-state index is 0.174. The van der Waals surface area contributed by atoms with Gasteiger partial charge in [0.05, 0.1) is 25.2 Å². The summed E-state index contributed by atoms with van der Waals surface area (Å²) in [5.74, 6) is -0.315. The molecule has 3 nitrogen and oxygen atoms in total. The second kappa shape index (κ2) is 4.94. The molecule has 0 spiro atoms. The zero-order valence-corrected chi connectivity index (χ0v) is 10.1. The van der Waals surface area contributed by atoms with Crippen LogP contribution in [0.15, 0.2) is 16.6 Å². The van der Waals surface area contributed by atoms with Gasteiger partial charge < -0.3 is 4.74 Å². The Bertz CT molecular complexity index is 435. The normalized spacial score (nSPS) is 9.47. The van der Waals surface area contributed by atoms with Gasteiger partial charge in [-0.25, -0.2) is 0 Å². The lowest BCUT2D eigenvalue weighted by Crippen LogP contribution is -2.05. The fraction of sp³-hybridized carbons (Fsp3) is 0.273. The van der Waals surface area contributed by atoms with Crippen molar-refractivity contribution >= 4 is 21.9 Å². The van der Waals surface area contributed by atoms with E-state index in [1.165, 1.54) is 7.11 Å². The van der Waals surface area contributed by atoms with Gasteiger partial charge in [0.2, 0.25) is 0 Å². The van der Waals surface area contributed by atoms with Gasteiger partial charge in [-0.15, -0.1) is 0 Å². The van der Waals surface area contributed by atoms with Crippen LogP contribution in [-0.2, 0) is 16.0 Å². The molecule has 0 aliphatic heterocycles. The molecule has 1 rings (SSSR count). The summed E-state index contributed by atoms with van der Waals surface area (Å²) in [5.41, 5.74) is 2.26. The quantitative estimate of drug-likeness (QED) is 0.773. The molecule has 0 heterocycles. The van der Waals surface area contributed by atoms with Crippen molar-refractivity contribution in [1.82, 2.24) is 0 Å². The summed E-state index contributed by atoms with van der Waals surface area (Å²) in [6.45, 7) is 1.88. The Morgan fingerprint density at radius 3 is 2.80 bits per heavy atom. The summed E-state index contributed by atoms with van der Waals surface area (Å²) in [5, 5.41) is 8.79.